The molecule has 1 N–H and O–H groups in total. The summed E-state index contributed by atoms with van der Waals surface area (Å²) < 4.78 is 0.830. The minimum atomic E-state index is -0.179. The second-order valence-corrected chi connectivity index (χ2v) is 5.70. The largest absolute Gasteiger partial charge is 0.336 e. The fraction of sp³-hybridized carbons (Fsp3) is 0.429. The number of rotatable bonds is 4. The van der Waals surface area contributed by atoms with E-state index in [1.165, 1.54) is 4.90 Å². The number of carbonyl (C=O) groups excluding carboxylic acids is 2. The summed E-state index contributed by atoms with van der Waals surface area (Å²) in [5.41, 5.74) is 0.719. The molecule has 1 aromatic rings. The summed E-state index contributed by atoms with van der Waals surface area (Å²) in [6.07, 6.45) is 3.03. The van der Waals surface area contributed by atoms with E-state index in [1.807, 2.05) is 24.3 Å². The van der Waals surface area contributed by atoms with Crippen LogP contribution in [0.25, 0.3) is 0 Å². The number of nitrogens with one attached hydrogen (secondary N) is 1. The number of hydrogen-bond donors (Lipinski definition) is 1. The van der Waals surface area contributed by atoms with Crippen LogP contribution in [0.5, 0.6) is 0 Å². The fourth-order valence-corrected chi connectivity index (χ4v) is 2.40. The first-order valence-corrected chi connectivity index (χ1v) is 7.16. The predicted molar refractivity (Wildman–Crippen MR) is 77.7 cm³/mol. The molecule has 1 saturated carbocycles. The summed E-state index contributed by atoms with van der Waals surface area (Å²) in [6.45, 7) is 0.0939. The van der Waals surface area contributed by atoms with Crippen LogP contribution in [-0.2, 0) is 9.59 Å². The Morgan fingerprint density at radius 1 is 1.37 bits per heavy atom. The molecule has 1 aromatic carbocycles. The minimum absolute atomic E-state index is 0.0773. The summed E-state index contributed by atoms with van der Waals surface area (Å²) in [5.74, 6) is 0.0249. The third-order valence-corrected chi connectivity index (χ3v) is 4.05. The van der Waals surface area contributed by atoms with Gasteiger partial charge >= 0.3 is 0 Å². The van der Waals surface area contributed by atoms with Crippen LogP contribution >= 0.6 is 15.9 Å². The van der Waals surface area contributed by atoms with E-state index in [-0.39, 0.29) is 24.3 Å². The maximum atomic E-state index is 11.9. The molecule has 0 unspecified atom stereocenters. The summed E-state index contributed by atoms with van der Waals surface area (Å²) in [6, 6.07) is 7.41. The number of para-hydroxylation sites is 1. The first kappa shape index (κ1) is 14.1. The summed E-state index contributed by atoms with van der Waals surface area (Å²) >= 11 is 3.37. The Labute approximate surface area is 121 Å². The van der Waals surface area contributed by atoms with Gasteiger partial charge in [0, 0.05) is 17.4 Å². The zero-order valence-electron chi connectivity index (χ0n) is 10.9. The Morgan fingerprint density at radius 2 is 2.05 bits per heavy atom. The zero-order chi connectivity index (χ0) is 13.8. The molecule has 0 heterocycles. The van der Waals surface area contributed by atoms with Crippen molar-refractivity contribution in [2.24, 2.45) is 5.92 Å². The fourth-order valence-electron chi connectivity index (χ4n) is 2.01. The van der Waals surface area contributed by atoms with Gasteiger partial charge in [-0.2, -0.15) is 0 Å². The van der Waals surface area contributed by atoms with Gasteiger partial charge in [-0.3, -0.25) is 9.59 Å². The monoisotopic (exact) mass is 324 g/mol. The number of hydrogen-bond acceptors (Lipinski definition) is 2. The van der Waals surface area contributed by atoms with Crippen molar-refractivity contribution in [1.82, 2.24) is 4.90 Å². The molecule has 1 aliphatic carbocycles. The molecule has 0 saturated heterocycles. The Kier molecular flexibility index (Phi) is 4.58. The number of benzene rings is 1. The second-order valence-electron chi connectivity index (χ2n) is 4.85. The molecule has 0 bridgehead atoms. The van der Waals surface area contributed by atoms with Crippen LogP contribution < -0.4 is 5.32 Å². The first-order valence-electron chi connectivity index (χ1n) is 6.37. The molecule has 1 aliphatic rings. The standard InChI is InChI=1S/C14H17BrN2O2/c1-17(14(19)10-5-4-6-10)9-13(18)16-12-8-3-2-7-11(12)15/h2-3,7-8,10H,4-6,9H2,1H3,(H,16,18). The van der Waals surface area contributed by atoms with Crippen molar-refractivity contribution in [1.29, 1.82) is 0 Å². The molecule has 2 amide bonds. The minimum Gasteiger partial charge on any atom is -0.336 e. The lowest BCUT2D eigenvalue weighted by molar-refractivity contribution is -0.139. The van der Waals surface area contributed by atoms with E-state index >= 15 is 0 Å². The molecule has 1 fully saturated rings. The Balaban J connectivity index is 1.87. The molecule has 0 radical (unpaired) electrons. The van der Waals surface area contributed by atoms with Crippen LogP contribution in [-0.4, -0.2) is 30.3 Å². The molecule has 19 heavy (non-hydrogen) atoms. The average Bonchev–Trinajstić information content (AvgIpc) is 2.29. The second kappa shape index (κ2) is 6.19. The maximum Gasteiger partial charge on any atom is 0.244 e. The van der Waals surface area contributed by atoms with Gasteiger partial charge in [0.15, 0.2) is 0 Å². The Hall–Kier alpha value is -1.36. The number of carbonyl (C=O) groups is 2. The SMILES string of the molecule is CN(CC(=O)Nc1ccccc1Br)C(=O)C1CCC1. The van der Waals surface area contributed by atoms with Gasteiger partial charge in [-0.25, -0.2) is 0 Å². The van der Waals surface area contributed by atoms with Crippen molar-refractivity contribution in [2.45, 2.75) is 19.3 Å². The van der Waals surface area contributed by atoms with Crippen molar-refractivity contribution in [3.05, 3.63) is 28.7 Å². The molecule has 2 rings (SSSR count). The van der Waals surface area contributed by atoms with E-state index in [0.29, 0.717) is 0 Å². The highest BCUT2D eigenvalue weighted by Gasteiger charge is 2.28. The van der Waals surface area contributed by atoms with Crippen molar-refractivity contribution < 1.29 is 9.59 Å². The van der Waals surface area contributed by atoms with Crippen LogP contribution in [0.1, 0.15) is 19.3 Å². The third kappa shape index (κ3) is 3.56. The van der Waals surface area contributed by atoms with Gasteiger partial charge in [0.25, 0.3) is 0 Å². The zero-order valence-corrected chi connectivity index (χ0v) is 12.4. The van der Waals surface area contributed by atoms with Crippen LogP contribution in [0.15, 0.2) is 28.7 Å². The molecular weight excluding hydrogens is 308 g/mol. The van der Waals surface area contributed by atoms with E-state index in [2.05, 4.69) is 21.2 Å². The summed E-state index contributed by atoms with van der Waals surface area (Å²) in [5, 5.41) is 2.79. The summed E-state index contributed by atoms with van der Waals surface area (Å²) in [4.78, 5) is 25.3. The molecule has 0 aliphatic heterocycles. The molecule has 0 aromatic heterocycles. The highest BCUT2D eigenvalue weighted by Crippen LogP contribution is 2.27. The topological polar surface area (TPSA) is 49.4 Å². The Bertz CT molecular complexity index is 486. The number of likely N-dealkylation sites (N-methyl/N-ethyl adjacent to an activating group) is 1. The quantitative estimate of drug-likeness (QED) is 0.925. The molecule has 4 nitrogen and oxygen atoms in total. The lowest BCUT2D eigenvalue weighted by Gasteiger charge is -2.28. The molecule has 0 spiro atoms. The van der Waals surface area contributed by atoms with Gasteiger partial charge in [-0.05, 0) is 40.9 Å². The van der Waals surface area contributed by atoms with Crippen LogP contribution in [0.2, 0.25) is 0 Å². The number of anilines is 1. The van der Waals surface area contributed by atoms with Crippen LogP contribution in [0.4, 0.5) is 5.69 Å². The highest BCUT2D eigenvalue weighted by molar-refractivity contribution is 9.10. The van der Waals surface area contributed by atoms with Gasteiger partial charge in [-0.1, -0.05) is 18.6 Å². The average molecular weight is 325 g/mol. The summed E-state index contributed by atoms with van der Waals surface area (Å²) in [7, 11) is 1.68. The third-order valence-electron chi connectivity index (χ3n) is 3.36. The molecule has 5 heteroatoms. The van der Waals surface area contributed by atoms with Crippen molar-refractivity contribution >= 4 is 33.4 Å². The van der Waals surface area contributed by atoms with E-state index in [4.69, 9.17) is 0 Å². The van der Waals surface area contributed by atoms with Crippen molar-refractivity contribution in [3.63, 3.8) is 0 Å². The van der Waals surface area contributed by atoms with Crippen molar-refractivity contribution in [2.75, 3.05) is 18.9 Å². The number of nitrogens with zero attached hydrogens (tertiary/aromatic N) is 1. The van der Waals surface area contributed by atoms with E-state index in [1.54, 1.807) is 7.05 Å². The van der Waals surface area contributed by atoms with E-state index < -0.39 is 0 Å². The number of halogens is 1. The maximum absolute atomic E-state index is 11.9. The molecular formula is C14H17BrN2O2. The Morgan fingerprint density at radius 3 is 2.63 bits per heavy atom. The molecule has 0 atom stereocenters. The van der Waals surface area contributed by atoms with Crippen molar-refractivity contribution in [3.8, 4) is 0 Å². The van der Waals surface area contributed by atoms with Gasteiger partial charge in [0.1, 0.15) is 0 Å². The molecule has 102 valence electrons. The normalized spacial score (nSPS) is 14.6. The number of amides is 2. The van der Waals surface area contributed by atoms with Gasteiger partial charge in [0.2, 0.25) is 11.8 Å². The van der Waals surface area contributed by atoms with Gasteiger partial charge in [0.05, 0.1) is 12.2 Å². The highest BCUT2D eigenvalue weighted by atomic mass is 79.9. The van der Waals surface area contributed by atoms with Gasteiger partial charge < -0.3 is 10.2 Å². The van der Waals surface area contributed by atoms with E-state index in [9.17, 15) is 9.59 Å². The van der Waals surface area contributed by atoms with Crippen LogP contribution in [0.3, 0.4) is 0 Å². The first-order chi connectivity index (χ1) is 9.08. The van der Waals surface area contributed by atoms with Gasteiger partial charge in [-0.15, -0.1) is 0 Å². The lowest BCUT2D eigenvalue weighted by atomic mass is 9.84. The van der Waals surface area contributed by atoms with Crippen LogP contribution in [0, 0.1) is 5.92 Å². The predicted octanol–water partition coefficient (Wildman–Crippen LogP) is 2.65. The lowest BCUT2D eigenvalue weighted by Crippen LogP contribution is -2.40. The van der Waals surface area contributed by atoms with E-state index in [0.717, 1.165) is 29.4 Å². The smallest absolute Gasteiger partial charge is 0.244 e.